The number of aromatic nitrogens is 3. The first-order valence-electron chi connectivity index (χ1n) is 9.22. The molecule has 0 radical (unpaired) electrons. The van der Waals surface area contributed by atoms with Crippen LogP contribution in [0.4, 0.5) is 9.52 Å². The maximum atomic E-state index is 13.6. The SMILES string of the molecule is O=c1c2nc(N3CCOCC3)sc2c(-c2cccs2)nn1Cc1cccc(F)c1. The summed E-state index contributed by atoms with van der Waals surface area (Å²) in [5.74, 6) is -0.335. The molecule has 1 aromatic carbocycles. The highest BCUT2D eigenvalue weighted by molar-refractivity contribution is 7.23. The predicted octanol–water partition coefficient (Wildman–Crippen LogP) is 3.61. The maximum absolute atomic E-state index is 13.6. The van der Waals surface area contributed by atoms with Crippen LogP contribution in [0.1, 0.15) is 5.56 Å². The van der Waals surface area contributed by atoms with E-state index >= 15 is 0 Å². The van der Waals surface area contributed by atoms with Gasteiger partial charge < -0.3 is 9.64 Å². The Morgan fingerprint density at radius 3 is 2.79 bits per heavy atom. The van der Waals surface area contributed by atoms with Gasteiger partial charge in [-0.25, -0.2) is 14.1 Å². The molecule has 0 saturated carbocycles. The summed E-state index contributed by atoms with van der Waals surface area (Å²) in [6.07, 6.45) is 0. The lowest BCUT2D eigenvalue weighted by Gasteiger charge is -2.25. The van der Waals surface area contributed by atoms with E-state index in [0.717, 1.165) is 33.5 Å². The average molecular weight is 429 g/mol. The largest absolute Gasteiger partial charge is 0.378 e. The Hall–Kier alpha value is -2.62. The topological polar surface area (TPSA) is 60.3 Å². The van der Waals surface area contributed by atoms with Crippen LogP contribution >= 0.6 is 22.7 Å². The maximum Gasteiger partial charge on any atom is 0.294 e. The van der Waals surface area contributed by atoms with E-state index in [2.05, 4.69) is 15.0 Å². The average Bonchev–Trinajstić information content (AvgIpc) is 3.41. The fourth-order valence-electron chi connectivity index (χ4n) is 3.33. The molecule has 1 aliphatic rings. The predicted molar refractivity (Wildman–Crippen MR) is 114 cm³/mol. The van der Waals surface area contributed by atoms with Crippen LogP contribution in [-0.2, 0) is 11.3 Å². The van der Waals surface area contributed by atoms with Gasteiger partial charge in [0.05, 0.1) is 29.3 Å². The molecule has 5 rings (SSSR count). The molecule has 148 valence electrons. The van der Waals surface area contributed by atoms with Crippen molar-refractivity contribution >= 4 is 38.0 Å². The van der Waals surface area contributed by atoms with Gasteiger partial charge in [-0.3, -0.25) is 4.79 Å². The van der Waals surface area contributed by atoms with Crippen LogP contribution < -0.4 is 10.5 Å². The number of rotatable bonds is 4. The summed E-state index contributed by atoms with van der Waals surface area (Å²) in [5.41, 5.74) is 1.56. The molecule has 0 bridgehead atoms. The zero-order valence-corrected chi connectivity index (χ0v) is 17.0. The molecule has 0 atom stereocenters. The van der Waals surface area contributed by atoms with Gasteiger partial charge in [0.1, 0.15) is 11.5 Å². The number of anilines is 1. The first-order valence-corrected chi connectivity index (χ1v) is 10.9. The van der Waals surface area contributed by atoms with E-state index in [-0.39, 0.29) is 17.9 Å². The molecule has 1 aliphatic heterocycles. The van der Waals surface area contributed by atoms with E-state index in [4.69, 9.17) is 4.74 Å². The number of fused-ring (bicyclic) bond motifs is 1. The number of thiazole rings is 1. The first kappa shape index (κ1) is 18.4. The van der Waals surface area contributed by atoms with Crippen molar-refractivity contribution in [3.8, 4) is 10.6 Å². The molecule has 1 saturated heterocycles. The molecule has 0 N–H and O–H groups in total. The Balaban J connectivity index is 1.66. The number of ether oxygens (including phenoxy) is 1. The summed E-state index contributed by atoms with van der Waals surface area (Å²) in [4.78, 5) is 20.9. The number of hydrogen-bond donors (Lipinski definition) is 0. The van der Waals surface area contributed by atoms with Crippen LogP contribution in [0.2, 0.25) is 0 Å². The van der Waals surface area contributed by atoms with Crippen molar-refractivity contribution in [2.24, 2.45) is 0 Å². The third kappa shape index (κ3) is 3.57. The van der Waals surface area contributed by atoms with Crippen molar-refractivity contribution in [3.05, 3.63) is 63.5 Å². The molecule has 1 fully saturated rings. The zero-order chi connectivity index (χ0) is 19.8. The van der Waals surface area contributed by atoms with Crippen LogP contribution in [0.5, 0.6) is 0 Å². The van der Waals surface area contributed by atoms with E-state index in [1.807, 2.05) is 17.5 Å². The van der Waals surface area contributed by atoms with Gasteiger partial charge in [0.25, 0.3) is 5.56 Å². The summed E-state index contributed by atoms with van der Waals surface area (Å²) in [6, 6.07) is 10.2. The zero-order valence-electron chi connectivity index (χ0n) is 15.4. The summed E-state index contributed by atoms with van der Waals surface area (Å²) in [6.45, 7) is 2.99. The molecule has 29 heavy (non-hydrogen) atoms. The number of hydrogen-bond acceptors (Lipinski definition) is 7. The highest BCUT2D eigenvalue weighted by Crippen LogP contribution is 2.35. The van der Waals surface area contributed by atoms with Crippen LogP contribution in [0, 0.1) is 5.82 Å². The van der Waals surface area contributed by atoms with Crippen LogP contribution in [-0.4, -0.2) is 41.1 Å². The highest BCUT2D eigenvalue weighted by Gasteiger charge is 2.22. The Bertz CT molecular complexity index is 1210. The summed E-state index contributed by atoms with van der Waals surface area (Å²) in [7, 11) is 0. The molecule has 6 nitrogen and oxygen atoms in total. The lowest BCUT2D eigenvalue weighted by atomic mass is 10.2. The van der Waals surface area contributed by atoms with Gasteiger partial charge in [0.15, 0.2) is 10.6 Å². The molecule has 9 heteroatoms. The second kappa shape index (κ2) is 7.66. The van der Waals surface area contributed by atoms with Crippen molar-refractivity contribution < 1.29 is 9.13 Å². The van der Waals surface area contributed by atoms with Crippen LogP contribution in [0.25, 0.3) is 20.8 Å². The minimum atomic E-state index is -0.335. The van der Waals surface area contributed by atoms with Crippen LogP contribution in [0.3, 0.4) is 0 Å². The second-order valence-corrected chi connectivity index (χ2v) is 8.62. The van der Waals surface area contributed by atoms with Gasteiger partial charge >= 0.3 is 0 Å². The fourth-order valence-corrected chi connectivity index (χ4v) is 5.22. The van der Waals surface area contributed by atoms with Crippen molar-refractivity contribution in [3.63, 3.8) is 0 Å². The van der Waals surface area contributed by atoms with Crippen molar-refractivity contribution in [1.29, 1.82) is 0 Å². The first-order chi connectivity index (χ1) is 14.2. The molecule has 0 aliphatic carbocycles. The standard InChI is InChI=1S/C20H17FN4O2S2/c21-14-4-1-3-13(11-14)12-25-19(26)17-18(16(23-25)15-5-2-10-28-15)29-20(22-17)24-6-8-27-9-7-24/h1-5,10-11H,6-9,12H2. The number of halogens is 1. The molecule has 3 aromatic heterocycles. The van der Waals surface area contributed by atoms with Gasteiger partial charge in [-0.1, -0.05) is 29.5 Å². The van der Waals surface area contributed by atoms with E-state index in [0.29, 0.717) is 24.3 Å². The monoisotopic (exact) mass is 428 g/mol. The highest BCUT2D eigenvalue weighted by atomic mass is 32.1. The van der Waals surface area contributed by atoms with Gasteiger partial charge in [0, 0.05) is 13.1 Å². The third-order valence-corrected chi connectivity index (χ3v) is 6.75. The van der Waals surface area contributed by atoms with E-state index in [9.17, 15) is 9.18 Å². The van der Waals surface area contributed by atoms with E-state index in [1.165, 1.54) is 28.2 Å². The lowest BCUT2D eigenvalue weighted by molar-refractivity contribution is 0.122. The second-order valence-electron chi connectivity index (χ2n) is 6.69. The Kier molecular flexibility index (Phi) is 4.86. The Morgan fingerprint density at radius 2 is 2.03 bits per heavy atom. The number of nitrogens with zero attached hydrogens (tertiary/aromatic N) is 4. The molecule has 0 amide bonds. The number of morpholine rings is 1. The molecular weight excluding hydrogens is 411 g/mol. The molecule has 4 heterocycles. The van der Waals surface area contributed by atoms with E-state index in [1.54, 1.807) is 23.5 Å². The van der Waals surface area contributed by atoms with E-state index < -0.39 is 0 Å². The van der Waals surface area contributed by atoms with Crippen molar-refractivity contribution in [1.82, 2.24) is 14.8 Å². The fraction of sp³-hybridized carbons (Fsp3) is 0.250. The number of thiophene rings is 1. The number of benzene rings is 1. The molecule has 0 unspecified atom stereocenters. The smallest absolute Gasteiger partial charge is 0.294 e. The Morgan fingerprint density at radius 1 is 1.17 bits per heavy atom. The lowest BCUT2D eigenvalue weighted by Crippen LogP contribution is -2.36. The quantitative estimate of drug-likeness (QED) is 0.497. The minimum absolute atomic E-state index is 0.190. The van der Waals surface area contributed by atoms with Gasteiger partial charge in [-0.2, -0.15) is 5.10 Å². The third-order valence-electron chi connectivity index (χ3n) is 4.75. The van der Waals surface area contributed by atoms with Crippen molar-refractivity contribution in [2.75, 3.05) is 31.2 Å². The van der Waals surface area contributed by atoms with Gasteiger partial charge in [-0.05, 0) is 29.1 Å². The van der Waals surface area contributed by atoms with Gasteiger partial charge in [0.2, 0.25) is 0 Å². The molecule has 4 aromatic rings. The summed E-state index contributed by atoms with van der Waals surface area (Å²) in [5, 5.41) is 7.44. The van der Waals surface area contributed by atoms with Crippen LogP contribution in [0.15, 0.2) is 46.6 Å². The Labute approximate surface area is 173 Å². The molecular formula is C20H17FN4O2S2. The minimum Gasteiger partial charge on any atom is -0.378 e. The van der Waals surface area contributed by atoms with Gasteiger partial charge in [-0.15, -0.1) is 11.3 Å². The molecule has 0 spiro atoms. The summed E-state index contributed by atoms with van der Waals surface area (Å²) < 4.78 is 21.2. The normalized spacial score (nSPS) is 14.6. The summed E-state index contributed by atoms with van der Waals surface area (Å²) >= 11 is 3.06. The van der Waals surface area contributed by atoms with Crippen molar-refractivity contribution in [2.45, 2.75) is 6.54 Å².